The fraction of sp³-hybridized carbons (Fsp3) is 0.143. The number of methoxy groups -OCH3 is 1. The van der Waals surface area contributed by atoms with Crippen molar-refractivity contribution < 1.29 is 27.4 Å². The zero-order valence-corrected chi connectivity index (χ0v) is 12.2. The SMILES string of the molecule is COc1cc(F)c(C(O)c2c(F)cc(Br)cc2F)c(F)c1. The third-order valence-corrected chi connectivity index (χ3v) is 3.34. The Morgan fingerprint density at radius 1 is 0.905 bits per heavy atom. The zero-order chi connectivity index (χ0) is 15.7. The predicted octanol–water partition coefficient (Wildman–Crippen LogP) is 4.10. The maximum Gasteiger partial charge on any atom is 0.135 e. The monoisotopic (exact) mass is 364 g/mol. The van der Waals surface area contributed by atoms with E-state index in [0.29, 0.717) is 0 Å². The first-order valence-corrected chi connectivity index (χ1v) is 6.50. The van der Waals surface area contributed by atoms with Crippen LogP contribution in [0.3, 0.4) is 0 Å². The first-order chi connectivity index (χ1) is 9.85. The molecule has 2 aromatic carbocycles. The van der Waals surface area contributed by atoms with Gasteiger partial charge in [-0.15, -0.1) is 0 Å². The van der Waals surface area contributed by atoms with Crippen LogP contribution in [0.1, 0.15) is 17.2 Å². The van der Waals surface area contributed by atoms with Crippen LogP contribution in [0.2, 0.25) is 0 Å². The van der Waals surface area contributed by atoms with E-state index in [1.54, 1.807) is 0 Å². The van der Waals surface area contributed by atoms with Crippen molar-refractivity contribution >= 4 is 15.9 Å². The van der Waals surface area contributed by atoms with Crippen molar-refractivity contribution in [2.75, 3.05) is 7.11 Å². The average molecular weight is 365 g/mol. The molecule has 0 saturated carbocycles. The van der Waals surface area contributed by atoms with Gasteiger partial charge < -0.3 is 9.84 Å². The van der Waals surface area contributed by atoms with E-state index in [1.807, 2.05) is 0 Å². The van der Waals surface area contributed by atoms with Gasteiger partial charge in [-0.25, -0.2) is 17.6 Å². The van der Waals surface area contributed by atoms with Gasteiger partial charge >= 0.3 is 0 Å². The van der Waals surface area contributed by atoms with Crippen LogP contribution in [-0.4, -0.2) is 12.2 Å². The van der Waals surface area contributed by atoms with Gasteiger partial charge in [0, 0.05) is 16.6 Å². The van der Waals surface area contributed by atoms with Crippen LogP contribution < -0.4 is 4.74 Å². The highest BCUT2D eigenvalue weighted by Crippen LogP contribution is 2.33. The summed E-state index contributed by atoms with van der Waals surface area (Å²) < 4.78 is 60.0. The first kappa shape index (κ1) is 15.8. The third-order valence-electron chi connectivity index (χ3n) is 2.88. The minimum atomic E-state index is -2.12. The highest BCUT2D eigenvalue weighted by atomic mass is 79.9. The van der Waals surface area contributed by atoms with Gasteiger partial charge in [0.2, 0.25) is 0 Å². The smallest absolute Gasteiger partial charge is 0.135 e. The molecule has 0 spiro atoms. The van der Waals surface area contributed by atoms with Gasteiger partial charge in [0.25, 0.3) is 0 Å². The summed E-state index contributed by atoms with van der Waals surface area (Å²) in [4.78, 5) is 0. The summed E-state index contributed by atoms with van der Waals surface area (Å²) in [5.41, 5.74) is -1.68. The van der Waals surface area contributed by atoms with Gasteiger partial charge in [0.15, 0.2) is 0 Å². The molecule has 0 aliphatic heterocycles. The minimum absolute atomic E-state index is 0.101. The molecule has 1 atom stereocenters. The Kier molecular flexibility index (Phi) is 4.53. The Morgan fingerprint density at radius 2 is 1.29 bits per heavy atom. The van der Waals surface area contributed by atoms with E-state index in [9.17, 15) is 22.7 Å². The largest absolute Gasteiger partial charge is 0.497 e. The van der Waals surface area contributed by atoms with Crippen molar-refractivity contribution in [3.05, 3.63) is 63.1 Å². The highest BCUT2D eigenvalue weighted by molar-refractivity contribution is 9.10. The van der Waals surface area contributed by atoms with Gasteiger partial charge in [0.1, 0.15) is 35.1 Å². The van der Waals surface area contributed by atoms with Crippen LogP contribution >= 0.6 is 15.9 Å². The van der Waals surface area contributed by atoms with Gasteiger partial charge in [-0.05, 0) is 12.1 Å². The standard InChI is InChI=1S/C14H9BrF4O2/c1-21-7-4-10(18)13(11(19)5-7)14(20)12-8(16)2-6(15)3-9(12)17/h2-5,14,20H,1H3. The van der Waals surface area contributed by atoms with Gasteiger partial charge in [-0.3, -0.25) is 0 Å². The number of ether oxygens (including phenoxy) is 1. The summed E-state index contributed by atoms with van der Waals surface area (Å²) in [7, 11) is 1.21. The summed E-state index contributed by atoms with van der Waals surface area (Å²) in [5, 5.41) is 9.95. The van der Waals surface area contributed by atoms with Crippen molar-refractivity contribution in [1.82, 2.24) is 0 Å². The number of aliphatic hydroxyl groups excluding tert-OH is 1. The predicted molar refractivity (Wildman–Crippen MR) is 71.0 cm³/mol. The molecule has 0 fully saturated rings. The lowest BCUT2D eigenvalue weighted by atomic mass is 9.99. The lowest BCUT2D eigenvalue weighted by molar-refractivity contribution is 0.198. The average Bonchev–Trinajstić information content (AvgIpc) is 2.36. The number of aliphatic hydroxyl groups is 1. The summed E-state index contributed by atoms with van der Waals surface area (Å²) in [5.74, 6) is -4.69. The quantitative estimate of drug-likeness (QED) is 0.831. The number of hydrogen-bond donors (Lipinski definition) is 1. The molecular formula is C14H9BrF4O2. The maximum absolute atomic E-state index is 13.8. The second kappa shape index (κ2) is 6.03. The Labute approximate surface area is 126 Å². The molecule has 112 valence electrons. The molecule has 21 heavy (non-hydrogen) atoms. The molecule has 1 N–H and O–H groups in total. The summed E-state index contributed by atoms with van der Waals surface area (Å²) in [6.45, 7) is 0. The molecule has 0 aliphatic carbocycles. The number of benzene rings is 2. The van der Waals surface area contributed by atoms with Crippen LogP contribution in [-0.2, 0) is 0 Å². The van der Waals surface area contributed by atoms with Crippen molar-refractivity contribution in [2.45, 2.75) is 6.10 Å². The van der Waals surface area contributed by atoms with E-state index in [4.69, 9.17) is 0 Å². The van der Waals surface area contributed by atoms with Crippen LogP contribution in [0.25, 0.3) is 0 Å². The molecular weight excluding hydrogens is 356 g/mol. The molecule has 2 rings (SSSR count). The van der Waals surface area contributed by atoms with E-state index in [2.05, 4.69) is 20.7 Å². The lowest BCUT2D eigenvalue weighted by Crippen LogP contribution is -2.10. The van der Waals surface area contributed by atoms with Gasteiger partial charge in [0.05, 0.1) is 18.2 Å². The molecule has 0 aromatic heterocycles. The third kappa shape index (κ3) is 3.03. The normalized spacial score (nSPS) is 12.3. The van der Waals surface area contributed by atoms with Gasteiger partial charge in [-0.2, -0.15) is 0 Å². The molecule has 1 unspecified atom stereocenters. The topological polar surface area (TPSA) is 29.5 Å². The molecule has 7 heteroatoms. The number of rotatable bonds is 3. The molecule has 2 aromatic rings. The van der Waals surface area contributed by atoms with Gasteiger partial charge in [-0.1, -0.05) is 15.9 Å². The lowest BCUT2D eigenvalue weighted by Gasteiger charge is -2.16. The van der Waals surface area contributed by atoms with Crippen molar-refractivity contribution in [3.8, 4) is 5.75 Å². The fourth-order valence-corrected chi connectivity index (χ4v) is 2.30. The van der Waals surface area contributed by atoms with E-state index < -0.39 is 40.5 Å². The van der Waals surface area contributed by atoms with E-state index in [0.717, 1.165) is 24.3 Å². The second-order valence-corrected chi connectivity index (χ2v) is 5.11. The molecule has 0 amide bonds. The minimum Gasteiger partial charge on any atom is -0.497 e. The van der Waals surface area contributed by atoms with Crippen molar-refractivity contribution in [3.63, 3.8) is 0 Å². The summed E-state index contributed by atoms with van der Waals surface area (Å²) >= 11 is 2.87. The molecule has 0 aliphatic rings. The summed E-state index contributed by atoms with van der Waals surface area (Å²) in [6.07, 6.45) is -2.12. The van der Waals surface area contributed by atoms with E-state index >= 15 is 0 Å². The van der Waals surface area contributed by atoms with Crippen LogP contribution in [0.4, 0.5) is 17.6 Å². The zero-order valence-electron chi connectivity index (χ0n) is 10.6. The van der Waals surface area contributed by atoms with E-state index in [1.165, 1.54) is 7.11 Å². The second-order valence-electron chi connectivity index (χ2n) is 4.19. The van der Waals surface area contributed by atoms with E-state index in [-0.39, 0.29) is 10.2 Å². The molecule has 0 bridgehead atoms. The van der Waals surface area contributed by atoms with Crippen molar-refractivity contribution in [2.24, 2.45) is 0 Å². The first-order valence-electron chi connectivity index (χ1n) is 5.70. The van der Waals surface area contributed by atoms with Crippen LogP contribution in [0.15, 0.2) is 28.7 Å². The maximum atomic E-state index is 13.8. The highest BCUT2D eigenvalue weighted by Gasteiger charge is 2.26. The molecule has 2 nitrogen and oxygen atoms in total. The van der Waals surface area contributed by atoms with Crippen molar-refractivity contribution in [1.29, 1.82) is 0 Å². The Hall–Kier alpha value is -1.60. The number of hydrogen-bond acceptors (Lipinski definition) is 2. The van der Waals surface area contributed by atoms with Crippen LogP contribution in [0, 0.1) is 23.3 Å². The Bertz CT molecular complexity index is 645. The number of halogens is 5. The Balaban J connectivity index is 2.58. The van der Waals surface area contributed by atoms with Crippen LogP contribution in [0.5, 0.6) is 5.75 Å². The molecule has 0 saturated heterocycles. The molecule has 0 radical (unpaired) electrons. The Morgan fingerprint density at radius 3 is 1.67 bits per heavy atom. The fourth-order valence-electron chi connectivity index (χ4n) is 1.90. The molecule has 0 heterocycles. The summed E-state index contributed by atoms with van der Waals surface area (Å²) in [6, 6.07) is 3.41.